The lowest BCUT2D eigenvalue weighted by atomic mass is 10.1. The zero-order valence-corrected chi connectivity index (χ0v) is 26.2. The number of carboxylic acid groups (broad SMARTS) is 1. The first kappa shape index (κ1) is 29.0. The average Bonchev–Trinajstić information content (AvgIpc) is 3.23. The lowest BCUT2D eigenvalue weighted by Crippen LogP contribution is -2.33. The van der Waals surface area contributed by atoms with Gasteiger partial charge in [0.15, 0.2) is 0 Å². The molecule has 0 aliphatic carbocycles. The molecule has 1 aliphatic heterocycles. The third-order valence-electron chi connectivity index (χ3n) is 6.20. The highest BCUT2D eigenvalue weighted by Gasteiger charge is 2.33. The van der Waals surface area contributed by atoms with Crippen molar-refractivity contribution in [1.29, 1.82) is 0 Å². The molecule has 9 heteroatoms. The molecule has 0 unspecified atom stereocenters. The number of benzene rings is 4. The summed E-state index contributed by atoms with van der Waals surface area (Å²) in [6.45, 7) is -0.450. The Morgan fingerprint density at radius 2 is 1.37 bits per heavy atom. The number of para-hydroxylation sites is 2. The molecule has 204 valence electrons. The van der Waals surface area contributed by atoms with E-state index in [1.165, 1.54) is 0 Å². The van der Waals surface area contributed by atoms with Crippen LogP contribution in [-0.2, 0) is 9.59 Å². The van der Waals surface area contributed by atoms with E-state index < -0.39 is 18.4 Å². The molecule has 1 fully saturated rings. The largest absolute Gasteiger partial charge is 0.480 e. The maximum Gasteiger partial charge on any atom is 0.323 e. The van der Waals surface area contributed by atoms with Crippen molar-refractivity contribution in [3.63, 3.8) is 0 Å². The first-order valence-corrected chi connectivity index (χ1v) is 15.3. The van der Waals surface area contributed by atoms with Crippen molar-refractivity contribution in [2.75, 3.05) is 11.4 Å². The Hall–Kier alpha value is -3.50. The second-order valence-electron chi connectivity index (χ2n) is 8.99. The standard InChI is InChI=1S/C32H22Br2N2O3S2/c33-27-18-23(19-29-31(39)35(20-30(37)38)32(40)41-29)28(34)17-22(27)14-11-21-12-15-26(16-13-21)36(24-7-3-1-4-8-24)25-9-5-2-6-10-25/h1-19H,20H2,(H,37,38)/b14-11+,29-19-. The molecule has 5 rings (SSSR count). The molecule has 0 radical (unpaired) electrons. The first-order chi connectivity index (χ1) is 19.8. The fourth-order valence-electron chi connectivity index (χ4n) is 4.25. The summed E-state index contributed by atoms with van der Waals surface area (Å²) in [6.07, 6.45) is 5.78. The highest BCUT2D eigenvalue weighted by molar-refractivity contribution is 9.11. The summed E-state index contributed by atoms with van der Waals surface area (Å²) in [5.41, 5.74) is 5.99. The molecular formula is C32H22Br2N2O3S2. The maximum absolute atomic E-state index is 12.7. The van der Waals surface area contributed by atoms with Gasteiger partial charge in [-0.05, 0) is 71.3 Å². The molecule has 1 aliphatic rings. The van der Waals surface area contributed by atoms with Crippen LogP contribution in [0.5, 0.6) is 0 Å². The van der Waals surface area contributed by atoms with Gasteiger partial charge in [-0.15, -0.1) is 0 Å². The van der Waals surface area contributed by atoms with Crippen LogP contribution in [0.2, 0.25) is 0 Å². The van der Waals surface area contributed by atoms with Gasteiger partial charge >= 0.3 is 5.97 Å². The SMILES string of the molecule is O=C(O)CN1C(=O)/C(=C/c2cc(Br)c(/C=C/c3ccc(N(c4ccccc4)c4ccccc4)cc3)cc2Br)SC1=S. The number of thiocarbonyl (C=S) groups is 1. The van der Waals surface area contributed by atoms with E-state index in [1.54, 1.807) is 6.08 Å². The molecule has 0 atom stereocenters. The van der Waals surface area contributed by atoms with Crippen molar-refractivity contribution in [2.24, 2.45) is 0 Å². The van der Waals surface area contributed by atoms with Gasteiger partial charge < -0.3 is 10.0 Å². The highest BCUT2D eigenvalue weighted by atomic mass is 79.9. The molecular weight excluding hydrogens is 684 g/mol. The van der Waals surface area contributed by atoms with Crippen molar-refractivity contribution in [3.8, 4) is 0 Å². The molecule has 0 saturated carbocycles. The number of carboxylic acids is 1. The van der Waals surface area contributed by atoms with E-state index in [-0.39, 0.29) is 4.32 Å². The molecule has 1 heterocycles. The number of carbonyl (C=O) groups is 2. The molecule has 1 amide bonds. The molecule has 4 aromatic rings. The Kier molecular flexibility index (Phi) is 9.19. The van der Waals surface area contributed by atoms with Crippen LogP contribution in [0.15, 0.2) is 111 Å². The summed E-state index contributed by atoms with van der Waals surface area (Å²) in [7, 11) is 0. The second-order valence-corrected chi connectivity index (χ2v) is 12.4. The summed E-state index contributed by atoms with van der Waals surface area (Å²) in [6, 6.07) is 32.8. The van der Waals surface area contributed by atoms with Gasteiger partial charge in [0, 0.05) is 26.0 Å². The molecule has 4 aromatic carbocycles. The minimum atomic E-state index is -1.11. The summed E-state index contributed by atoms with van der Waals surface area (Å²) in [4.78, 5) is 27.4. The fourth-order valence-corrected chi connectivity index (χ4v) is 6.47. The van der Waals surface area contributed by atoms with Crippen LogP contribution in [0.4, 0.5) is 17.1 Å². The number of hydrogen-bond acceptors (Lipinski definition) is 5. The lowest BCUT2D eigenvalue weighted by Gasteiger charge is -2.25. The molecule has 1 N–H and O–H groups in total. The topological polar surface area (TPSA) is 60.9 Å². The maximum atomic E-state index is 12.7. The van der Waals surface area contributed by atoms with Gasteiger partial charge in [0.25, 0.3) is 5.91 Å². The highest BCUT2D eigenvalue weighted by Crippen LogP contribution is 2.36. The number of anilines is 3. The number of halogens is 2. The third-order valence-corrected chi connectivity index (χ3v) is 8.96. The van der Waals surface area contributed by atoms with Gasteiger partial charge in [-0.2, -0.15) is 0 Å². The van der Waals surface area contributed by atoms with Gasteiger partial charge in [-0.3, -0.25) is 14.5 Å². The Morgan fingerprint density at radius 1 is 0.829 bits per heavy atom. The summed E-state index contributed by atoms with van der Waals surface area (Å²) in [5.74, 6) is -1.52. The molecule has 0 aromatic heterocycles. The van der Waals surface area contributed by atoms with Crippen LogP contribution >= 0.6 is 55.8 Å². The zero-order valence-electron chi connectivity index (χ0n) is 21.4. The number of thioether (sulfide) groups is 1. The lowest BCUT2D eigenvalue weighted by molar-refractivity contribution is -0.140. The Bertz CT molecular complexity index is 1640. The van der Waals surface area contributed by atoms with Crippen LogP contribution in [0.25, 0.3) is 18.2 Å². The predicted molar refractivity (Wildman–Crippen MR) is 179 cm³/mol. The van der Waals surface area contributed by atoms with E-state index in [1.807, 2.05) is 60.7 Å². The molecule has 0 spiro atoms. The zero-order chi connectivity index (χ0) is 28.9. The summed E-state index contributed by atoms with van der Waals surface area (Å²) in [5, 5.41) is 9.06. The minimum Gasteiger partial charge on any atom is -0.480 e. The quantitative estimate of drug-likeness (QED) is 0.112. The predicted octanol–water partition coefficient (Wildman–Crippen LogP) is 9.14. The van der Waals surface area contributed by atoms with E-state index in [0.29, 0.717) is 4.91 Å². The van der Waals surface area contributed by atoms with Crippen LogP contribution < -0.4 is 4.90 Å². The van der Waals surface area contributed by atoms with Crippen LogP contribution in [0.1, 0.15) is 16.7 Å². The Balaban J connectivity index is 1.36. The van der Waals surface area contributed by atoms with E-state index >= 15 is 0 Å². The summed E-state index contributed by atoms with van der Waals surface area (Å²) >= 11 is 13.5. The Morgan fingerprint density at radius 3 is 1.95 bits per heavy atom. The normalized spacial score (nSPS) is 14.3. The van der Waals surface area contributed by atoms with Crippen LogP contribution in [-0.4, -0.2) is 32.7 Å². The van der Waals surface area contributed by atoms with Gasteiger partial charge in [0.05, 0.1) is 4.91 Å². The smallest absolute Gasteiger partial charge is 0.323 e. The number of hydrogen-bond donors (Lipinski definition) is 1. The van der Waals surface area contributed by atoms with Gasteiger partial charge in [0.1, 0.15) is 10.9 Å². The van der Waals surface area contributed by atoms with Crippen molar-refractivity contribution in [3.05, 3.63) is 128 Å². The Labute approximate surface area is 264 Å². The van der Waals surface area contributed by atoms with E-state index in [9.17, 15) is 9.59 Å². The molecule has 1 saturated heterocycles. The van der Waals surface area contributed by atoms with Crippen LogP contribution in [0.3, 0.4) is 0 Å². The number of amides is 1. The molecule has 41 heavy (non-hydrogen) atoms. The van der Waals surface area contributed by atoms with Gasteiger partial charge in [-0.25, -0.2) is 0 Å². The van der Waals surface area contributed by atoms with E-state index in [4.69, 9.17) is 17.3 Å². The molecule has 0 bridgehead atoms. The fraction of sp³-hybridized carbons (Fsp3) is 0.0312. The minimum absolute atomic E-state index is 0.236. The first-order valence-electron chi connectivity index (χ1n) is 12.4. The van der Waals surface area contributed by atoms with Crippen molar-refractivity contribution in [2.45, 2.75) is 0 Å². The summed E-state index contributed by atoms with van der Waals surface area (Å²) < 4.78 is 1.88. The van der Waals surface area contributed by atoms with Crippen molar-refractivity contribution >= 4 is 107 Å². The average molecular weight is 706 g/mol. The van der Waals surface area contributed by atoms with Gasteiger partial charge in [0.2, 0.25) is 0 Å². The van der Waals surface area contributed by atoms with Crippen LogP contribution in [0, 0.1) is 0 Å². The molecule has 5 nitrogen and oxygen atoms in total. The second kappa shape index (κ2) is 13.0. The van der Waals surface area contributed by atoms with E-state index in [0.717, 1.165) is 59.4 Å². The monoisotopic (exact) mass is 704 g/mol. The number of carbonyl (C=O) groups excluding carboxylic acids is 1. The number of nitrogens with zero attached hydrogens (tertiary/aromatic N) is 2. The number of aliphatic carboxylic acids is 1. The van der Waals surface area contributed by atoms with Crippen molar-refractivity contribution < 1.29 is 14.7 Å². The van der Waals surface area contributed by atoms with E-state index in [2.05, 4.69) is 85.3 Å². The number of rotatable bonds is 8. The third kappa shape index (κ3) is 6.87. The van der Waals surface area contributed by atoms with Crippen molar-refractivity contribution in [1.82, 2.24) is 4.90 Å². The van der Waals surface area contributed by atoms with Gasteiger partial charge in [-0.1, -0.05) is 117 Å².